The first-order valence-electron chi connectivity index (χ1n) is 7.33. The van der Waals surface area contributed by atoms with Crippen molar-refractivity contribution in [1.29, 1.82) is 0 Å². The minimum atomic E-state index is 0.625. The Balaban J connectivity index is 2.11. The molecule has 0 aliphatic rings. The number of hydrogen-bond donors (Lipinski definition) is 0. The Hall–Kier alpha value is -0.460. The molecule has 0 N–H and O–H groups in total. The van der Waals surface area contributed by atoms with Crippen LogP contribution in [-0.2, 0) is 20.8 Å². The van der Waals surface area contributed by atoms with Crippen molar-refractivity contribution in [2.75, 3.05) is 58.6 Å². The van der Waals surface area contributed by atoms with Crippen LogP contribution in [0.5, 0.6) is 0 Å². The van der Waals surface area contributed by atoms with Crippen molar-refractivity contribution in [3.8, 4) is 0 Å². The van der Waals surface area contributed by atoms with Gasteiger partial charge in [-0.1, -0.05) is 46.3 Å². The summed E-state index contributed by atoms with van der Waals surface area (Å²) in [4.78, 5) is 2.38. The molecule has 0 atom stereocenters. The molecule has 0 fully saturated rings. The van der Waals surface area contributed by atoms with Crippen LogP contribution < -0.4 is 0 Å². The minimum absolute atomic E-state index is 0.625. The van der Waals surface area contributed by atoms with Crippen LogP contribution in [0, 0.1) is 0 Å². The number of halogens is 1. The summed E-state index contributed by atoms with van der Waals surface area (Å²) in [5.41, 5.74) is 1.33. The SMILES string of the molecule is COCCOCCOCCN(CCBr)Cc1ccccc1. The molecule has 21 heavy (non-hydrogen) atoms. The Bertz CT molecular complexity index is 338. The van der Waals surface area contributed by atoms with Crippen molar-refractivity contribution < 1.29 is 14.2 Å². The zero-order chi connectivity index (χ0) is 15.2. The summed E-state index contributed by atoms with van der Waals surface area (Å²) in [6, 6.07) is 10.5. The first-order valence-corrected chi connectivity index (χ1v) is 8.45. The van der Waals surface area contributed by atoms with Crippen LogP contribution >= 0.6 is 15.9 Å². The first-order chi connectivity index (χ1) is 10.4. The van der Waals surface area contributed by atoms with Crippen molar-refractivity contribution in [2.24, 2.45) is 0 Å². The van der Waals surface area contributed by atoms with Crippen LogP contribution in [0.3, 0.4) is 0 Å². The summed E-state index contributed by atoms with van der Waals surface area (Å²) < 4.78 is 15.9. The molecule has 0 heterocycles. The van der Waals surface area contributed by atoms with E-state index in [4.69, 9.17) is 14.2 Å². The highest BCUT2D eigenvalue weighted by Gasteiger charge is 2.05. The lowest BCUT2D eigenvalue weighted by molar-refractivity contribution is 0.0194. The maximum atomic E-state index is 5.61. The van der Waals surface area contributed by atoms with Gasteiger partial charge in [0.15, 0.2) is 0 Å². The fourth-order valence-electron chi connectivity index (χ4n) is 1.89. The molecule has 5 heteroatoms. The lowest BCUT2D eigenvalue weighted by atomic mass is 10.2. The average molecular weight is 360 g/mol. The van der Waals surface area contributed by atoms with E-state index in [1.54, 1.807) is 7.11 Å². The third-order valence-corrected chi connectivity index (χ3v) is 3.36. The number of methoxy groups -OCH3 is 1. The van der Waals surface area contributed by atoms with Gasteiger partial charge in [0.05, 0.1) is 33.0 Å². The quantitative estimate of drug-likeness (QED) is 0.400. The smallest absolute Gasteiger partial charge is 0.0701 e. The molecule has 0 unspecified atom stereocenters. The van der Waals surface area contributed by atoms with Gasteiger partial charge in [-0.2, -0.15) is 0 Å². The van der Waals surface area contributed by atoms with Crippen LogP contribution in [0.4, 0.5) is 0 Å². The number of rotatable bonds is 13. The van der Waals surface area contributed by atoms with Crippen molar-refractivity contribution in [3.63, 3.8) is 0 Å². The second-order valence-corrected chi connectivity index (χ2v) is 5.46. The predicted molar refractivity (Wildman–Crippen MR) is 89.0 cm³/mol. The third kappa shape index (κ3) is 9.98. The lowest BCUT2D eigenvalue weighted by Crippen LogP contribution is -2.29. The molecule has 120 valence electrons. The molecule has 0 saturated carbocycles. The molecule has 4 nitrogen and oxygen atoms in total. The molecular weight excluding hydrogens is 334 g/mol. The maximum absolute atomic E-state index is 5.61. The van der Waals surface area contributed by atoms with E-state index >= 15 is 0 Å². The molecule has 0 bridgehead atoms. The Morgan fingerprint density at radius 2 is 1.57 bits per heavy atom. The van der Waals surface area contributed by atoms with Crippen LogP contribution in [-0.4, -0.2) is 63.5 Å². The Kier molecular flexibility index (Phi) is 11.7. The van der Waals surface area contributed by atoms with Crippen LogP contribution in [0.2, 0.25) is 0 Å². The Morgan fingerprint density at radius 3 is 2.24 bits per heavy atom. The maximum Gasteiger partial charge on any atom is 0.0701 e. The van der Waals surface area contributed by atoms with Gasteiger partial charge in [-0.3, -0.25) is 4.90 Å². The molecule has 1 rings (SSSR count). The second kappa shape index (κ2) is 13.2. The topological polar surface area (TPSA) is 30.9 Å². The van der Waals surface area contributed by atoms with Gasteiger partial charge in [-0.25, -0.2) is 0 Å². The molecule has 0 aliphatic carbocycles. The number of benzene rings is 1. The highest BCUT2D eigenvalue weighted by atomic mass is 79.9. The molecular formula is C16H26BrNO3. The predicted octanol–water partition coefficient (Wildman–Crippen LogP) is 2.56. The van der Waals surface area contributed by atoms with E-state index in [1.165, 1.54) is 5.56 Å². The monoisotopic (exact) mass is 359 g/mol. The van der Waals surface area contributed by atoms with Crippen LogP contribution in [0.1, 0.15) is 5.56 Å². The molecule has 0 aliphatic heterocycles. The molecule has 1 aromatic carbocycles. The normalized spacial score (nSPS) is 11.2. The van der Waals surface area contributed by atoms with Crippen molar-refractivity contribution in [2.45, 2.75) is 6.54 Å². The van der Waals surface area contributed by atoms with E-state index in [1.807, 2.05) is 6.07 Å². The van der Waals surface area contributed by atoms with Crippen molar-refractivity contribution >= 4 is 15.9 Å². The van der Waals surface area contributed by atoms with Gasteiger partial charge < -0.3 is 14.2 Å². The fourth-order valence-corrected chi connectivity index (χ4v) is 2.39. The van der Waals surface area contributed by atoms with E-state index in [-0.39, 0.29) is 0 Å². The van der Waals surface area contributed by atoms with Crippen LogP contribution in [0.15, 0.2) is 30.3 Å². The largest absolute Gasteiger partial charge is 0.382 e. The standard InChI is InChI=1S/C16H26BrNO3/c1-19-11-12-21-14-13-20-10-9-18(8-7-17)15-16-5-3-2-4-6-16/h2-6H,7-15H2,1H3. The summed E-state index contributed by atoms with van der Waals surface area (Å²) >= 11 is 3.51. The fraction of sp³-hybridized carbons (Fsp3) is 0.625. The first kappa shape index (κ1) is 18.6. The molecule has 1 aromatic rings. The number of alkyl halides is 1. The summed E-state index contributed by atoms with van der Waals surface area (Å²) in [5.74, 6) is 0. The summed E-state index contributed by atoms with van der Waals surface area (Å²) in [7, 11) is 1.67. The zero-order valence-corrected chi connectivity index (χ0v) is 14.4. The van der Waals surface area contributed by atoms with E-state index in [0.717, 1.165) is 31.6 Å². The van der Waals surface area contributed by atoms with Gasteiger partial charge in [0.1, 0.15) is 0 Å². The Morgan fingerprint density at radius 1 is 0.905 bits per heavy atom. The van der Waals surface area contributed by atoms with Gasteiger partial charge >= 0.3 is 0 Å². The van der Waals surface area contributed by atoms with Gasteiger partial charge in [-0.15, -0.1) is 0 Å². The van der Waals surface area contributed by atoms with Gasteiger partial charge in [0.2, 0.25) is 0 Å². The highest BCUT2D eigenvalue weighted by molar-refractivity contribution is 9.09. The molecule has 0 spiro atoms. The summed E-state index contributed by atoms with van der Waals surface area (Å²) in [6.07, 6.45) is 0. The van der Waals surface area contributed by atoms with Crippen molar-refractivity contribution in [1.82, 2.24) is 4.90 Å². The summed E-state index contributed by atoms with van der Waals surface area (Å²) in [5, 5.41) is 0.972. The van der Waals surface area contributed by atoms with E-state index in [0.29, 0.717) is 26.4 Å². The van der Waals surface area contributed by atoms with E-state index in [2.05, 4.69) is 45.1 Å². The Labute approximate surface area is 136 Å². The van der Waals surface area contributed by atoms with E-state index < -0.39 is 0 Å². The molecule has 0 aromatic heterocycles. The second-order valence-electron chi connectivity index (χ2n) is 4.67. The molecule has 0 amide bonds. The number of ether oxygens (including phenoxy) is 3. The van der Waals surface area contributed by atoms with Crippen molar-refractivity contribution in [3.05, 3.63) is 35.9 Å². The van der Waals surface area contributed by atoms with Crippen LogP contribution in [0.25, 0.3) is 0 Å². The third-order valence-electron chi connectivity index (χ3n) is 3.01. The highest BCUT2D eigenvalue weighted by Crippen LogP contribution is 2.04. The van der Waals surface area contributed by atoms with Gasteiger partial charge in [-0.05, 0) is 5.56 Å². The van der Waals surface area contributed by atoms with E-state index in [9.17, 15) is 0 Å². The molecule has 0 saturated heterocycles. The minimum Gasteiger partial charge on any atom is -0.382 e. The average Bonchev–Trinajstić information content (AvgIpc) is 2.51. The summed E-state index contributed by atoms with van der Waals surface area (Å²) in [6.45, 7) is 6.16. The van der Waals surface area contributed by atoms with Gasteiger partial charge in [0, 0.05) is 32.1 Å². The van der Waals surface area contributed by atoms with Gasteiger partial charge in [0.25, 0.3) is 0 Å². The lowest BCUT2D eigenvalue weighted by Gasteiger charge is -2.21. The number of nitrogens with zero attached hydrogens (tertiary/aromatic N) is 1. The zero-order valence-electron chi connectivity index (χ0n) is 12.8. The molecule has 0 radical (unpaired) electrons. The number of hydrogen-bond acceptors (Lipinski definition) is 4.